The molecule has 1 N–H and O–H groups in total. The van der Waals surface area contributed by atoms with E-state index in [1.165, 1.54) is 0 Å². The molecule has 0 bridgehead atoms. The van der Waals surface area contributed by atoms with Crippen molar-refractivity contribution < 1.29 is 9.21 Å². The van der Waals surface area contributed by atoms with Crippen molar-refractivity contribution in [2.45, 2.75) is 13.3 Å². The summed E-state index contributed by atoms with van der Waals surface area (Å²) in [7, 11) is 0. The molecule has 0 atom stereocenters. The first-order chi connectivity index (χ1) is 10.8. The Bertz CT molecular complexity index is 776. The number of anilines is 1. The molecule has 0 aliphatic rings. The standard InChI is InChI=1S/C19H17NO2/c1-2-14-7-3-4-10-17(14)20-19(21)16-9-5-8-15(13-16)18-11-6-12-22-18/h3-13H,2H2,1H3,(H,20,21). The molecule has 1 aromatic heterocycles. The molecule has 3 nitrogen and oxygen atoms in total. The van der Waals surface area contributed by atoms with Crippen LogP contribution in [0.1, 0.15) is 22.8 Å². The van der Waals surface area contributed by atoms with Crippen molar-refractivity contribution in [3.63, 3.8) is 0 Å². The molecule has 3 rings (SSSR count). The van der Waals surface area contributed by atoms with Gasteiger partial charge in [-0.15, -0.1) is 0 Å². The molecule has 0 aliphatic carbocycles. The number of para-hydroxylation sites is 1. The lowest BCUT2D eigenvalue weighted by Gasteiger charge is -2.10. The minimum Gasteiger partial charge on any atom is -0.464 e. The van der Waals surface area contributed by atoms with E-state index in [1.807, 2.05) is 54.6 Å². The van der Waals surface area contributed by atoms with E-state index < -0.39 is 0 Å². The molecule has 3 heteroatoms. The summed E-state index contributed by atoms with van der Waals surface area (Å²) in [5.41, 5.74) is 3.48. The summed E-state index contributed by atoms with van der Waals surface area (Å²) in [6.07, 6.45) is 2.50. The first kappa shape index (κ1) is 14.1. The monoisotopic (exact) mass is 291 g/mol. The number of amides is 1. The van der Waals surface area contributed by atoms with Gasteiger partial charge in [0.2, 0.25) is 0 Å². The Hall–Kier alpha value is -2.81. The zero-order valence-corrected chi connectivity index (χ0v) is 12.4. The predicted octanol–water partition coefficient (Wildman–Crippen LogP) is 4.76. The summed E-state index contributed by atoms with van der Waals surface area (Å²) in [4.78, 5) is 12.5. The number of rotatable bonds is 4. The molecule has 0 fully saturated rings. The highest BCUT2D eigenvalue weighted by molar-refractivity contribution is 6.05. The Morgan fingerprint density at radius 1 is 1.05 bits per heavy atom. The third-order valence-corrected chi connectivity index (χ3v) is 3.58. The van der Waals surface area contributed by atoms with E-state index in [0.717, 1.165) is 29.0 Å². The molecule has 1 amide bonds. The van der Waals surface area contributed by atoms with Gasteiger partial charge in [-0.25, -0.2) is 0 Å². The van der Waals surface area contributed by atoms with Gasteiger partial charge in [0.15, 0.2) is 0 Å². The van der Waals surface area contributed by atoms with Gasteiger partial charge in [0.25, 0.3) is 5.91 Å². The van der Waals surface area contributed by atoms with Gasteiger partial charge in [-0.1, -0.05) is 37.3 Å². The van der Waals surface area contributed by atoms with Crippen LogP contribution in [0.15, 0.2) is 71.3 Å². The third kappa shape index (κ3) is 2.93. The molecular formula is C19H17NO2. The van der Waals surface area contributed by atoms with Crippen molar-refractivity contribution >= 4 is 11.6 Å². The number of carbonyl (C=O) groups excluding carboxylic acids is 1. The van der Waals surface area contributed by atoms with E-state index in [0.29, 0.717) is 5.56 Å². The molecule has 110 valence electrons. The molecular weight excluding hydrogens is 274 g/mol. The highest BCUT2D eigenvalue weighted by Gasteiger charge is 2.10. The minimum atomic E-state index is -0.116. The highest BCUT2D eigenvalue weighted by Crippen LogP contribution is 2.22. The first-order valence-electron chi connectivity index (χ1n) is 7.31. The van der Waals surface area contributed by atoms with E-state index >= 15 is 0 Å². The molecule has 0 unspecified atom stereocenters. The maximum absolute atomic E-state index is 12.5. The van der Waals surface area contributed by atoms with Crippen molar-refractivity contribution in [1.82, 2.24) is 0 Å². The summed E-state index contributed by atoms with van der Waals surface area (Å²) in [5.74, 6) is 0.637. The maximum atomic E-state index is 12.5. The number of hydrogen-bond acceptors (Lipinski definition) is 2. The number of hydrogen-bond donors (Lipinski definition) is 1. The van der Waals surface area contributed by atoms with Crippen LogP contribution in [0.5, 0.6) is 0 Å². The second-order valence-electron chi connectivity index (χ2n) is 5.02. The quantitative estimate of drug-likeness (QED) is 0.753. The maximum Gasteiger partial charge on any atom is 0.255 e. The molecule has 0 spiro atoms. The summed E-state index contributed by atoms with van der Waals surface area (Å²) in [6, 6.07) is 19.0. The van der Waals surface area contributed by atoms with E-state index in [2.05, 4.69) is 12.2 Å². The lowest BCUT2D eigenvalue weighted by molar-refractivity contribution is 0.102. The molecule has 0 aliphatic heterocycles. The van der Waals surface area contributed by atoms with Gasteiger partial charge in [0.1, 0.15) is 5.76 Å². The molecule has 2 aromatic carbocycles. The van der Waals surface area contributed by atoms with Gasteiger partial charge in [0, 0.05) is 16.8 Å². The van der Waals surface area contributed by atoms with Crippen LogP contribution in [0.25, 0.3) is 11.3 Å². The summed E-state index contributed by atoms with van der Waals surface area (Å²) in [6.45, 7) is 2.07. The number of nitrogens with one attached hydrogen (secondary N) is 1. The van der Waals surface area contributed by atoms with E-state index in [4.69, 9.17) is 4.42 Å². The Morgan fingerprint density at radius 2 is 1.91 bits per heavy atom. The zero-order valence-electron chi connectivity index (χ0n) is 12.4. The Morgan fingerprint density at radius 3 is 2.68 bits per heavy atom. The third-order valence-electron chi connectivity index (χ3n) is 3.58. The predicted molar refractivity (Wildman–Crippen MR) is 87.9 cm³/mol. The molecule has 3 aromatic rings. The average Bonchev–Trinajstić information content (AvgIpc) is 3.10. The van der Waals surface area contributed by atoms with Crippen LogP contribution in [-0.2, 0) is 6.42 Å². The van der Waals surface area contributed by atoms with Crippen LogP contribution in [0, 0.1) is 0 Å². The van der Waals surface area contributed by atoms with Crippen molar-refractivity contribution in [2.75, 3.05) is 5.32 Å². The fourth-order valence-corrected chi connectivity index (χ4v) is 2.40. The smallest absolute Gasteiger partial charge is 0.255 e. The van der Waals surface area contributed by atoms with Gasteiger partial charge < -0.3 is 9.73 Å². The fraction of sp³-hybridized carbons (Fsp3) is 0.105. The SMILES string of the molecule is CCc1ccccc1NC(=O)c1cccc(-c2ccco2)c1. The molecule has 0 saturated heterocycles. The molecule has 0 radical (unpaired) electrons. The fourth-order valence-electron chi connectivity index (χ4n) is 2.40. The van der Waals surface area contributed by atoms with Crippen molar-refractivity contribution in [1.29, 1.82) is 0 Å². The van der Waals surface area contributed by atoms with Crippen LogP contribution in [0.2, 0.25) is 0 Å². The summed E-state index contributed by atoms with van der Waals surface area (Å²) < 4.78 is 5.38. The van der Waals surface area contributed by atoms with E-state index in [-0.39, 0.29) is 5.91 Å². The number of benzene rings is 2. The second kappa shape index (κ2) is 6.31. The normalized spacial score (nSPS) is 10.4. The number of furan rings is 1. The van der Waals surface area contributed by atoms with Gasteiger partial charge >= 0.3 is 0 Å². The van der Waals surface area contributed by atoms with E-state index in [1.54, 1.807) is 12.3 Å². The van der Waals surface area contributed by atoms with Crippen molar-refractivity contribution in [3.05, 3.63) is 78.1 Å². The molecule has 22 heavy (non-hydrogen) atoms. The van der Waals surface area contributed by atoms with Gasteiger partial charge in [-0.05, 0) is 42.3 Å². The zero-order chi connectivity index (χ0) is 15.4. The van der Waals surface area contributed by atoms with Crippen molar-refractivity contribution in [3.8, 4) is 11.3 Å². The summed E-state index contributed by atoms with van der Waals surface area (Å²) in [5, 5.41) is 2.98. The van der Waals surface area contributed by atoms with Crippen LogP contribution >= 0.6 is 0 Å². The minimum absolute atomic E-state index is 0.116. The van der Waals surface area contributed by atoms with Crippen LogP contribution < -0.4 is 5.32 Å². The second-order valence-corrected chi connectivity index (χ2v) is 5.02. The van der Waals surface area contributed by atoms with Crippen LogP contribution in [0.4, 0.5) is 5.69 Å². The highest BCUT2D eigenvalue weighted by atomic mass is 16.3. The van der Waals surface area contributed by atoms with Crippen LogP contribution in [-0.4, -0.2) is 5.91 Å². The van der Waals surface area contributed by atoms with Gasteiger partial charge in [-0.2, -0.15) is 0 Å². The molecule has 0 saturated carbocycles. The number of carbonyl (C=O) groups is 1. The lowest BCUT2D eigenvalue weighted by Crippen LogP contribution is -2.13. The number of aryl methyl sites for hydroxylation is 1. The first-order valence-corrected chi connectivity index (χ1v) is 7.31. The van der Waals surface area contributed by atoms with Crippen molar-refractivity contribution in [2.24, 2.45) is 0 Å². The van der Waals surface area contributed by atoms with Crippen LogP contribution in [0.3, 0.4) is 0 Å². The van der Waals surface area contributed by atoms with Gasteiger partial charge in [-0.3, -0.25) is 4.79 Å². The lowest BCUT2D eigenvalue weighted by atomic mass is 10.1. The topological polar surface area (TPSA) is 42.2 Å². The average molecular weight is 291 g/mol. The summed E-state index contributed by atoms with van der Waals surface area (Å²) >= 11 is 0. The Labute approximate surface area is 129 Å². The van der Waals surface area contributed by atoms with Gasteiger partial charge in [0.05, 0.1) is 6.26 Å². The Kier molecular flexibility index (Phi) is 4.05. The largest absolute Gasteiger partial charge is 0.464 e. The van der Waals surface area contributed by atoms with E-state index in [9.17, 15) is 4.79 Å². The Balaban J connectivity index is 1.85. The molecule has 1 heterocycles.